The predicted molar refractivity (Wildman–Crippen MR) is 104 cm³/mol. The van der Waals surface area contributed by atoms with E-state index in [0.29, 0.717) is 12.1 Å². The zero-order chi connectivity index (χ0) is 19.3. The first kappa shape index (κ1) is 17.1. The second-order valence-corrected chi connectivity index (χ2v) is 7.37. The topological polar surface area (TPSA) is 36.9 Å². The Morgan fingerprint density at radius 2 is 2.04 bits per heavy atom. The molecule has 4 nitrogen and oxygen atoms in total. The van der Waals surface area contributed by atoms with Crippen LogP contribution in [0.4, 0.5) is 8.78 Å². The van der Waals surface area contributed by atoms with Crippen LogP contribution in [0, 0.1) is 11.6 Å². The number of rotatable bonds is 3. The monoisotopic (exact) mass is 378 g/mol. The molecule has 1 atom stereocenters. The number of aromatic nitrogens is 3. The van der Waals surface area contributed by atoms with Crippen LogP contribution in [0.25, 0.3) is 10.9 Å². The number of aromatic amines is 1. The molecule has 0 saturated carbocycles. The molecule has 1 unspecified atom stereocenters. The summed E-state index contributed by atoms with van der Waals surface area (Å²) >= 11 is 0. The van der Waals surface area contributed by atoms with E-state index in [4.69, 9.17) is 0 Å². The van der Waals surface area contributed by atoms with Crippen LogP contribution < -0.4 is 0 Å². The molecule has 6 heteroatoms. The van der Waals surface area contributed by atoms with Crippen LogP contribution in [0.15, 0.2) is 54.9 Å². The summed E-state index contributed by atoms with van der Waals surface area (Å²) in [5, 5.41) is 5.39. The fourth-order valence-electron chi connectivity index (χ4n) is 4.33. The van der Waals surface area contributed by atoms with Crippen molar-refractivity contribution in [1.82, 2.24) is 19.7 Å². The van der Waals surface area contributed by atoms with Gasteiger partial charge in [-0.05, 0) is 36.2 Å². The molecule has 0 bridgehead atoms. The third-order valence-electron chi connectivity index (χ3n) is 5.53. The highest BCUT2D eigenvalue weighted by Gasteiger charge is 2.33. The number of aryl methyl sites for hydroxylation is 1. The van der Waals surface area contributed by atoms with Gasteiger partial charge >= 0.3 is 0 Å². The van der Waals surface area contributed by atoms with E-state index in [0.717, 1.165) is 35.1 Å². The molecule has 0 fully saturated rings. The molecule has 0 amide bonds. The lowest BCUT2D eigenvalue weighted by atomic mass is 9.91. The first-order valence-corrected chi connectivity index (χ1v) is 9.36. The Labute approximate surface area is 161 Å². The molecule has 2 aromatic carbocycles. The van der Waals surface area contributed by atoms with Crippen LogP contribution in [0.3, 0.4) is 0 Å². The minimum Gasteiger partial charge on any atom is -0.357 e. The zero-order valence-electron chi connectivity index (χ0n) is 15.5. The third-order valence-corrected chi connectivity index (χ3v) is 5.53. The van der Waals surface area contributed by atoms with E-state index < -0.39 is 11.6 Å². The van der Waals surface area contributed by atoms with Gasteiger partial charge in [0.25, 0.3) is 0 Å². The van der Waals surface area contributed by atoms with Gasteiger partial charge in [0.15, 0.2) is 0 Å². The summed E-state index contributed by atoms with van der Waals surface area (Å²) in [6, 6.07) is 11.4. The molecule has 4 aromatic rings. The van der Waals surface area contributed by atoms with Gasteiger partial charge in [0.2, 0.25) is 0 Å². The average Bonchev–Trinajstić information content (AvgIpc) is 3.27. The molecule has 0 saturated heterocycles. The van der Waals surface area contributed by atoms with Crippen LogP contribution in [-0.2, 0) is 20.0 Å². The van der Waals surface area contributed by atoms with Gasteiger partial charge in [-0.3, -0.25) is 9.58 Å². The Hall–Kier alpha value is -2.99. The number of hydrogen-bond acceptors (Lipinski definition) is 2. The smallest absolute Gasteiger partial charge is 0.128 e. The summed E-state index contributed by atoms with van der Waals surface area (Å²) in [6.07, 6.45) is 4.63. The summed E-state index contributed by atoms with van der Waals surface area (Å²) in [7, 11) is 1.87. The average molecular weight is 378 g/mol. The quantitative estimate of drug-likeness (QED) is 0.576. The van der Waals surface area contributed by atoms with Gasteiger partial charge in [0, 0.05) is 54.1 Å². The van der Waals surface area contributed by atoms with Crippen molar-refractivity contribution in [2.75, 3.05) is 6.54 Å². The summed E-state index contributed by atoms with van der Waals surface area (Å²) in [5.74, 6) is -0.824. The molecule has 0 spiro atoms. The molecule has 1 aliphatic rings. The molecule has 1 N–H and O–H groups in total. The van der Waals surface area contributed by atoms with Crippen molar-refractivity contribution in [2.45, 2.75) is 19.0 Å². The second-order valence-electron chi connectivity index (χ2n) is 7.37. The lowest BCUT2D eigenvalue weighted by Gasteiger charge is -2.36. The molecule has 142 valence electrons. The van der Waals surface area contributed by atoms with Crippen molar-refractivity contribution in [1.29, 1.82) is 0 Å². The third kappa shape index (κ3) is 2.81. The predicted octanol–water partition coefficient (Wildman–Crippen LogP) is 4.33. The molecule has 0 radical (unpaired) electrons. The van der Waals surface area contributed by atoms with Crippen molar-refractivity contribution in [3.05, 3.63) is 88.9 Å². The minimum atomic E-state index is -0.430. The van der Waals surface area contributed by atoms with E-state index in [1.807, 2.05) is 37.6 Å². The second kappa shape index (κ2) is 6.56. The van der Waals surface area contributed by atoms with E-state index >= 15 is 0 Å². The van der Waals surface area contributed by atoms with Crippen LogP contribution in [0.2, 0.25) is 0 Å². The summed E-state index contributed by atoms with van der Waals surface area (Å²) < 4.78 is 30.6. The van der Waals surface area contributed by atoms with Crippen molar-refractivity contribution in [3.8, 4) is 0 Å². The highest BCUT2D eigenvalue weighted by atomic mass is 19.1. The zero-order valence-corrected chi connectivity index (χ0v) is 15.5. The van der Waals surface area contributed by atoms with Crippen molar-refractivity contribution >= 4 is 10.9 Å². The Balaban J connectivity index is 1.66. The Morgan fingerprint density at radius 1 is 1.18 bits per heavy atom. The lowest BCUT2D eigenvalue weighted by molar-refractivity contribution is 0.198. The maximum absolute atomic E-state index is 14.8. The van der Waals surface area contributed by atoms with Gasteiger partial charge in [-0.2, -0.15) is 5.10 Å². The standard InChI is InChI=1S/C22H20F2N4/c1-27-12-14(11-25-27)13-28-9-8-17-16-4-2-3-5-20(16)26-21(17)22(28)18-10-15(23)6-7-19(18)24/h2-7,10-12,22,26H,8-9,13H2,1H3. The normalized spacial score (nSPS) is 17.2. The first-order valence-electron chi connectivity index (χ1n) is 9.36. The van der Waals surface area contributed by atoms with Crippen molar-refractivity contribution in [3.63, 3.8) is 0 Å². The molecular formula is C22H20F2N4. The Kier molecular flexibility index (Phi) is 4.02. The maximum atomic E-state index is 14.8. The number of nitrogens with zero attached hydrogens (tertiary/aromatic N) is 3. The number of hydrogen-bond donors (Lipinski definition) is 1. The summed E-state index contributed by atoms with van der Waals surface area (Å²) in [6.45, 7) is 1.37. The van der Waals surface area contributed by atoms with Gasteiger partial charge in [-0.15, -0.1) is 0 Å². The van der Waals surface area contributed by atoms with E-state index in [1.165, 1.54) is 23.8 Å². The molecule has 1 aliphatic heterocycles. The summed E-state index contributed by atoms with van der Waals surface area (Å²) in [4.78, 5) is 5.67. The number of fused-ring (bicyclic) bond motifs is 3. The van der Waals surface area contributed by atoms with Gasteiger partial charge in [0.05, 0.1) is 12.2 Å². The van der Waals surface area contributed by atoms with Crippen LogP contribution in [0.1, 0.15) is 28.4 Å². The fraction of sp³-hybridized carbons (Fsp3) is 0.227. The highest BCUT2D eigenvalue weighted by Crippen LogP contribution is 2.40. The number of H-pyrrole nitrogens is 1. The van der Waals surface area contributed by atoms with Crippen LogP contribution in [-0.4, -0.2) is 26.2 Å². The van der Waals surface area contributed by atoms with Gasteiger partial charge in [-0.1, -0.05) is 18.2 Å². The number of nitrogens with one attached hydrogen (secondary N) is 1. The number of para-hydroxylation sites is 1. The van der Waals surface area contributed by atoms with E-state index in [-0.39, 0.29) is 6.04 Å². The summed E-state index contributed by atoms with van der Waals surface area (Å²) in [5.41, 5.74) is 4.56. The van der Waals surface area contributed by atoms with Crippen LogP contribution in [0.5, 0.6) is 0 Å². The molecule has 5 rings (SSSR count). The van der Waals surface area contributed by atoms with Crippen LogP contribution >= 0.6 is 0 Å². The first-order chi connectivity index (χ1) is 13.6. The molecule has 2 aromatic heterocycles. The number of halogens is 2. The number of benzene rings is 2. The molecule has 0 aliphatic carbocycles. The molecule has 28 heavy (non-hydrogen) atoms. The SMILES string of the molecule is Cn1cc(CN2CCc3c([nH]c4ccccc34)C2c2cc(F)ccc2F)cn1. The highest BCUT2D eigenvalue weighted by molar-refractivity contribution is 5.85. The van der Waals surface area contributed by atoms with Gasteiger partial charge < -0.3 is 4.98 Å². The Bertz CT molecular complexity index is 1160. The van der Waals surface area contributed by atoms with Gasteiger partial charge in [-0.25, -0.2) is 8.78 Å². The molecule has 3 heterocycles. The minimum absolute atomic E-state index is 0.358. The van der Waals surface area contributed by atoms with E-state index in [9.17, 15) is 8.78 Å². The van der Waals surface area contributed by atoms with Gasteiger partial charge in [0.1, 0.15) is 11.6 Å². The lowest BCUT2D eigenvalue weighted by Crippen LogP contribution is -2.36. The largest absolute Gasteiger partial charge is 0.357 e. The maximum Gasteiger partial charge on any atom is 0.128 e. The molecular weight excluding hydrogens is 358 g/mol. The van der Waals surface area contributed by atoms with Crippen molar-refractivity contribution < 1.29 is 8.78 Å². The fourth-order valence-corrected chi connectivity index (χ4v) is 4.33. The Morgan fingerprint density at radius 3 is 2.86 bits per heavy atom. The van der Waals surface area contributed by atoms with Crippen molar-refractivity contribution in [2.24, 2.45) is 7.05 Å². The van der Waals surface area contributed by atoms with E-state index in [1.54, 1.807) is 4.68 Å². The van der Waals surface area contributed by atoms with E-state index in [2.05, 4.69) is 21.0 Å².